The van der Waals surface area contributed by atoms with Crippen molar-refractivity contribution in [3.63, 3.8) is 0 Å². The highest BCUT2D eigenvalue weighted by Crippen LogP contribution is 2.38. The van der Waals surface area contributed by atoms with Crippen molar-refractivity contribution in [2.45, 2.75) is 13.3 Å². The second-order valence-electron chi connectivity index (χ2n) is 6.19. The number of halogens is 1. The highest BCUT2D eigenvalue weighted by molar-refractivity contribution is 6.32. The molecule has 0 radical (unpaired) electrons. The first-order chi connectivity index (χ1) is 14.1. The van der Waals surface area contributed by atoms with E-state index in [4.69, 9.17) is 31.1 Å². The fourth-order valence-corrected chi connectivity index (χ4v) is 3.18. The van der Waals surface area contributed by atoms with Crippen LogP contribution in [-0.2, 0) is 4.79 Å². The summed E-state index contributed by atoms with van der Waals surface area (Å²) in [6.45, 7) is 3.67. The molecule has 0 atom stereocenters. The number of nitriles is 1. The number of hydrogen-bond acceptors (Lipinski definition) is 5. The summed E-state index contributed by atoms with van der Waals surface area (Å²) in [7, 11) is 0. The van der Waals surface area contributed by atoms with Gasteiger partial charge in [0.05, 0.1) is 24.1 Å². The Balaban J connectivity index is 1.79. The van der Waals surface area contributed by atoms with Crippen molar-refractivity contribution in [3.05, 3.63) is 53.1 Å². The second kappa shape index (κ2) is 9.85. The summed E-state index contributed by atoms with van der Waals surface area (Å²) < 4.78 is 16.5. The van der Waals surface area contributed by atoms with Crippen LogP contribution in [0.1, 0.15) is 18.9 Å². The molecule has 0 aromatic heterocycles. The fourth-order valence-electron chi connectivity index (χ4n) is 2.90. The van der Waals surface area contributed by atoms with E-state index in [9.17, 15) is 4.79 Å². The topological polar surface area (TPSA) is 71.8 Å². The molecule has 2 aromatic carbocycles. The summed E-state index contributed by atoms with van der Waals surface area (Å²) in [5.41, 5.74) is 1.41. The van der Waals surface area contributed by atoms with E-state index < -0.39 is 0 Å². The molecule has 0 bridgehead atoms. The monoisotopic (exact) mass is 412 g/mol. The fraction of sp³-hybridized carbons (Fsp3) is 0.273. The Bertz CT molecular complexity index is 935. The summed E-state index contributed by atoms with van der Waals surface area (Å²) in [4.78, 5) is 14.4. The third kappa shape index (κ3) is 5.21. The van der Waals surface area contributed by atoms with E-state index in [1.54, 1.807) is 47.4 Å². The summed E-state index contributed by atoms with van der Waals surface area (Å²) in [5, 5.41) is 9.38. The van der Waals surface area contributed by atoms with Crippen molar-refractivity contribution in [1.29, 1.82) is 5.26 Å². The van der Waals surface area contributed by atoms with Gasteiger partial charge in [0, 0.05) is 18.3 Å². The number of carbonyl (C=O) groups is 1. The molecule has 0 fully saturated rings. The van der Waals surface area contributed by atoms with Crippen LogP contribution < -0.4 is 19.1 Å². The number of nitrogens with zero attached hydrogens (tertiary/aromatic N) is 2. The molecule has 0 spiro atoms. The lowest BCUT2D eigenvalue weighted by molar-refractivity contribution is -0.114. The van der Waals surface area contributed by atoms with Gasteiger partial charge in [-0.05, 0) is 55.0 Å². The molecule has 0 saturated carbocycles. The van der Waals surface area contributed by atoms with Crippen molar-refractivity contribution in [2.75, 3.05) is 31.3 Å². The predicted molar refractivity (Wildman–Crippen MR) is 112 cm³/mol. The standard InChI is InChI=1S/C22H21ClN2O4/c1-2-27-18-7-5-17(6-8-18)25(11-3-10-24)21(26)9-4-16-14-19(23)22-20(15-16)28-12-13-29-22/h4-9,14-15H,2-3,11-13H2,1H3/b9-4+. The Hall–Kier alpha value is -3.17. The van der Waals surface area contributed by atoms with Crippen molar-refractivity contribution in [1.82, 2.24) is 0 Å². The van der Waals surface area contributed by atoms with Crippen LogP contribution in [0.25, 0.3) is 6.08 Å². The normalized spacial score (nSPS) is 12.4. The number of amides is 1. The van der Waals surface area contributed by atoms with E-state index in [0.29, 0.717) is 42.0 Å². The van der Waals surface area contributed by atoms with E-state index in [1.165, 1.54) is 6.08 Å². The lowest BCUT2D eigenvalue weighted by Gasteiger charge is -2.21. The summed E-state index contributed by atoms with van der Waals surface area (Å²) in [6, 6.07) is 12.8. The van der Waals surface area contributed by atoms with Crippen LogP contribution in [0, 0.1) is 11.3 Å². The Morgan fingerprint density at radius 1 is 1.28 bits per heavy atom. The summed E-state index contributed by atoms with van der Waals surface area (Å²) >= 11 is 6.25. The molecule has 0 saturated heterocycles. The first kappa shape index (κ1) is 20.6. The molecule has 1 aliphatic rings. The maximum Gasteiger partial charge on any atom is 0.251 e. The van der Waals surface area contributed by atoms with E-state index in [-0.39, 0.29) is 18.9 Å². The minimum atomic E-state index is -0.240. The first-order valence-corrected chi connectivity index (χ1v) is 9.68. The molecule has 1 heterocycles. The van der Waals surface area contributed by atoms with Crippen LogP contribution in [0.15, 0.2) is 42.5 Å². The molecule has 1 amide bonds. The van der Waals surface area contributed by atoms with E-state index in [2.05, 4.69) is 6.07 Å². The van der Waals surface area contributed by atoms with Crippen LogP contribution in [0.4, 0.5) is 5.69 Å². The largest absolute Gasteiger partial charge is 0.494 e. The lowest BCUT2D eigenvalue weighted by atomic mass is 10.1. The molecule has 0 N–H and O–H groups in total. The van der Waals surface area contributed by atoms with Gasteiger partial charge in [-0.15, -0.1) is 0 Å². The number of fused-ring (bicyclic) bond motifs is 1. The number of rotatable bonds is 7. The van der Waals surface area contributed by atoms with Crippen molar-refractivity contribution in [2.24, 2.45) is 0 Å². The molecule has 0 aliphatic carbocycles. The molecular formula is C22H21ClN2O4. The van der Waals surface area contributed by atoms with Crippen molar-refractivity contribution in [3.8, 4) is 23.3 Å². The Morgan fingerprint density at radius 2 is 2.03 bits per heavy atom. The van der Waals surface area contributed by atoms with Gasteiger partial charge in [0.1, 0.15) is 19.0 Å². The minimum Gasteiger partial charge on any atom is -0.494 e. The second-order valence-corrected chi connectivity index (χ2v) is 6.59. The van der Waals surface area contributed by atoms with Gasteiger partial charge in [-0.3, -0.25) is 4.79 Å². The van der Waals surface area contributed by atoms with Crippen molar-refractivity contribution >= 4 is 29.3 Å². The van der Waals surface area contributed by atoms with Crippen molar-refractivity contribution < 1.29 is 19.0 Å². The zero-order valence-corrected chi connectivity index (χ0v) is 16.8. The van der Waals surface area contributed by atoms with E-state index in [1.807, 2.05) is 6.92 Å². The van der Waals surface area contributed by atoms with Crippen LogP contribution in [0.5, 0.6) is 17.2 Å². The molecule has 150 valence electrons. The molecule has 3 rings (SSSR count). The minimum absolute atomic E-state index is 0.225. The highest BCUT2D eigenvalue weighted by Gasteiger charge is 2.17. The first-order valence-electron chi connectivity index (χ1n) is 9.31. The van der Waals surface area contributed by atoms with Crippen LogP contribution in [-0.4, -0.2) is 32.3 Å². The Morgan fingerprint density at radius 3 is 2.76 bits per heavy atom. The van der Waals surface area contributed by atoms with Gasteiger partial charge in [-0.25, -0.2) is 0 Å². The van der Waals surface area contributed by atoms with Gasteiger partial charge in [-0.1, -0.05) is 11.6 Å². The SMILES string of the molecule is CCOc1ccc(N(CCC#N)C(=O)/C=C/c2cc(Cl)c3c(c2)OCCO3)cc1. The van der Waals surface area contributed by atoms with Crippen LogP contribution >= 0.6 is 11.6 Å². The van der Waals surface area contributed by atoms with Gasteiger partial charge >= 0.3 is 0 Å². The summed E-state index contributed by atoms with van der Waals surface area (Å²) in [6.07, 6.45) is 3.35. The average molecular weight is 413 g/mol. The van der Waals surface area contributed by atoms with Gasteiger partial charge in [-0.2, -0.15) is 5.26 Å². The number of hydrogen-bond donors (Lipinski definition) is 0. The lowest BCUT2D eigenvalue weighted by Crippen LogP contribution is -2.30. The number of anilines is 1. The van der Waals surface area contributed by atoms with Gasteiger partial charge in [0.15, 0.2) is 11.5 Å². The quantitative estimate of drug-likeness (QED) is 0.627. The Labute approximate surface area is 174 Å². The predicted octanol–water partition coefficient (Wildman–Crippen LogP) is 4.47. The van der Waals surface area contributed by atoms with E-state index >= 15 is 0 Å². The molecule has 1 aliphatic heterocycles. The van der Waals surface area contributed by atoms with Gasteiger partial charge < -0.3 is 19.1 Å². The molecule has 0 unspecified atom stereocenters. The number of benzene rings is 2. The number of ether oxygens (including phenoxy) is 3. The third-order valence-corrected chi connectivity index (χ3v) is 4.49. The smallest absolute Gasteiger partial charge is 0.251 e. The molecular weight excluding hydrogens is 392 g/mol. The zero-order valence-electron chi connectivity index (χ0n) is 16.1. The Kier molecular flexibility index (Phi) is 6.99. The van der Waals surface area contributed by atoms with E-state index in [0.717, 1.165) is 11.3 Å². The zero-order chi connectivity index (χ0) is 20.6. The molecule has 7 heteroatoms. The van der Waals surface area contributed by atoms with Crippen LogP contribution in [0.2, 0.25) is 5.02 Å². The van der Waals surface area contributed by atoms with Crippen LogP contribution in [0.3, 0.4) is 0 Å². The summed E-state index contributed by atoms with van der Waals surface area (Å²) in [5.74, 6) is 1.57. The third-order valence-electron chi connectivity index (χ3n) is 4.21. The molecule has 2 aromatic rings. The maximum absolute atomic E-state index is 12.8. The molecule has 6 nitrogen and oxygen atoms in total. The number of carbonyl (C=O) groups excluding carboxylic acids is 1. The van der Waals surface area contributed by atoms with Gasteiger partial charge in [0.2, 0.25) is 0 Å². The highest BCUT2D eigenvalue weighted by atomic mass is 35.5. The molecule has 29 heavy (non-hydrogen) atoms. The average Bonchev–Trinajstić information content (AvgIpc) is 2.74. The van der Waals surface area contributed by atoms with Gasteiger partial charge in [0.25, 0.3) is 5.91 Å². The maximum atomic E-state index is 12.8.